The van der Waals surface area contributed by atoms with Crippen molar-refractivity contribution >= 4 is 55.7 Å². The Balaban J connectivity index is 1.75. The van der Waals surface area contributed by atoms with Crippen molar-refractivity contribution in [3.8, 4) is 5.75 Å². The van der Waals surface area contributed by atoms with E-state index < -0.39 is 0 Å². The van der Waals surface area contributed by atoms with Gasteiger partial charge in [0.05, 0.1) is 39.9 Å². The lowest BCUT2D eigenvalue weighted by Gasteiger charge is -2.12. The summed E-state index contributed by atoms with van der Waals surface area (Å²) in [5.74, 6) is 2.06. The van der Waals surface area contributed by atoms with Crippen molar-refractivity contribution < 1.29 is 9.84 Å². The molecule has 26 heavy (non-hydrogen) atoms. The lowest BCUT2D eigenvalue weighted by molar-refractivity contribution is 0.322. The molecule has 0 radical (unpaired) electrons. The van der Waals surface area contributed by atoms with E-state index in [-0.39, 0.29) is 6.61 Å². The van der Waals surface area contributed by atoms with Gasteiger partial charge < -0.3 is 15.2 Å². The van der Waals surface area contributed by atoms with E-state index in [2.05, 4.69) is 20.3 Å². The number of benzene rings is 2. The molecule has 0 fully saturated rings. The molecule has 4 rings (SSSR count). The standard InChI is InChI=1S/C18H16N4O2S2/c1-24-15-8-13-12(7-17(15)25-5-4-23)18(20-9-19-13)22-11-2-3-16-14(6-11)21-10-26-16/h2-3,6-10,23H,4-5H2,1H3,(H,19,20,22). The zero-order valence-electron chi connectivity index (χ0n) is 14.0. The van der Waals surface area contributed by atoms with Crippen LogP contribution in [0.1, 0.15) is 0 Å². The minimum atomic E-state index is 0.107. The normalized spacial score (nSPS) is 11.2. The molecule has 0 bridgehead atoms. The number of aliphatic hydroxyl groups is 1. The van der Waals surface area contributed by atoms with E-state index in [1.165, 1.54) is 18.1 Å². The van der Waals surface area contributed by atoms with Gasteiger partial charge in [-0.3, -0.25) is 0 Å². The molecule has 2 aromatic heterocycles. The molecule has 0 aliphatic heterocycles. The van der Waals surface area contributed by atoms with Gasteiger partial charge in [0, 0.05) is 22.9 Å². The third-order valence-corrected chi connectivity index (χ3v) is 5.69. The molecule has 132 valence electrons. The predicted octanol–water partition coefficient (Wildman–Crippen LogP) is 4.08. The molecular formula is C18H16N4O2S2. The second kappa shape index (κ2) is 7.45. The van der Waals surface area contributed by atoms with E-state index in [0.717, 1.165) is 43.3 Å². The maximum Gasteiger partial charge on any atom is 0.141 e. The van der Waals surface area contributed by atoms with Crippen LogP contribution in [-0.4, -0.2) is 39.5 Å². The van der Waals surface area contributed by atoms with Gasteiger partial charge in [-0.15, -0.1) is 23.1 Å². The van der Waals surface area contributed by atoms with Gasteiger partial charge in [0.2, 0.25) is 0 Å². The number of methoxy groups -OCH3 is 1. The molecule has 0 amide bonds. The van der Waals surface area contributed by atoms with Gasteiger partial charge in [0.15, 0.2) is 0 Å². The fourth-order valence-electron chi connectivity index (χ4n) is 2.66. The number of thioether (sulfide) groups is 1. The Morgan fingerprint density at radius 3 is 2.92 bits per heavy atom. The van der Waals surface area contributed by atoms with Crippen molar-refractivity contribution in [2.45, 2.75) is 4.90 Å². The Bertz CT molecular complexity index is 1070. The van der Waals surface area contributed by atoms with Crippen LogP contribution in [0.4, 0.5) is 11.5 Å². The van der Waals surface area contributed by atoms with Crippen molar-refractivity contribution in [1.82, 2.24) is 15.0 Å². The number of nitrogens with one attached hydrogen (secondary N) is 1. The molecular weight excluding hydrogens is 368 g/mol. The minimum absolute atomic E-state index is 0.107. The number of aromatic nitrogens is 3. The molecule has 8 heteroatoms. The number of hydrogen-bond acceptors (Lipinski definition) is 8. The quantitative estimate of drug-likeness (QED) is 0.485. The topological polar surface area (TPSA) is 80.2 Å². The molecule has 0 saturated carbocycles. The summed E-state index contributed by atoms with van der Waals surface area (Å²) in [7, 11) is 1.63. The van der Waals surface area contributed by atoms with Gasteiger partial charge >= 0.3 is 0 Å². The second-order valence-corrected chi connectivity index (χ2v) is 7.50. The van der Waals surface area contributed by atoms with Gasteiger partial charge in [-0.05, 0) is 24.3 Å². The predicted molar refractivity (Wildman–Crippen MR) is 107 cm³/mol. The number of ether oxygens (including phenoxy) is 1. The first-order valence-corrected chi connectivity index (χ1v) is 9.81. The van der Waals surface area contributed by atoms with Crippen LogP contribution in [0.3, 0.4) is 0 Å². The monoisotopic (exact) mass is 384 g/mol. The Hall–Kier alpha value is -2.42. The van der Waals surface area contributed by atoms with Crippen molar-refractivity contribution in [3.63, 3.8) is 0 Å². The molecule has 0 aliphatic carbocycles. The summed E-state index contributed by atoms with van der Waals surface area (Å²) in [4.78, 5) is 14.1. The average Bonchev–Trinajstić information content (AvgIpc) is 3.13. The molecule has 0 unspecified atom stereocenters. The number of anilines is 2. The van der Waals surface area contributed by atoms with Crippen LogP contribution in [0.5, 0.6) is 5.75 Å². The van der Waals surface area contributed by atoms with E-state index in [9.17, 15) is 0 Å². The maximum absolute atomic E-state index is 9.12. The number of aliphatic hydroxyl groups excluding tert-OH is 1. The molecule has 6 nitrogen and oxygen atoms in total. The Labute approximate surface area is 158 Å². The third-order valence-electron chi connectivity index (χ3n) is 3.86. The summed E-state index contributed by atoms with van der Waals surface area (Å²) >= 11 is 3.15. The smallest absolute Gasteiger partial charge is 0.141 e. The first-order valence-electron chi connectivity index (χ1n) is 7.95. The highest BCUT2D eigenvalue weighted by atomic mass is 32.2. The zero-order valence-corrected chi connectivity index (χ0v) is 15.6. The lowest BCUT2D eigenvalue weighted by Crippen LogP contribution is -1.98. The molecule has 0 aliphatic rings. The van der Waals surface area contributed by atoms with Crippen LogP contribution in [0, 0.1) is 0 Å². The Morgan fingerprint density at radius 2 is 2.08 bits per heavy atom. The van der Waals surface area contributed by atoms with E-state index in [1.54, 1.807) is 18.4 Å². The summed E-state index contributed by atoms with van der Waals surface area (Å²) in [6.07, 6.45) is 1.53. The van der Waals surface area contributed by atoms with Crippen LogP contribution < -0.4 is 10.1 Å². The first kappa shape index (κ1) is 17.0. The van der Waals surface area contributed by atoms with Crippen LogP contribution in [0.2, 0.25) is 0 Å². The molecule has 2 N–H and O–H groups in total. The number of nitrogens with zero attached hydrogens (tertiary/aromatic N) is 3. The van der Waals surface area contributed by atoms with E-state index in [1.807, 2.05) is 35.8 Å². The van der Waals surface area contributed by atoms with E-state index in [4.69, 9.17) is 9.84 Å². The lowest BCUT2D eigenvalue weighted by atomic mass is 10.2. The number of rotatable bonds is 6. The fraction of sp³-hybridized carbons (Fsp3) is 0.167. The minimum Gasteiger partial charge on any atom is -0.496 e. The number of thiazole rings is 1. The van der Waals surface area contributed by atoms with Gasteiger partial charge in [-0.2, -0.15) is 0 Å². The van der Waals surface area contributed by atoms with Gasteiger partial charge in [-0.25, -0.2) is 15.0 Å². The van der Waals surface area contributed by atoms with E-state index in [0.29, 0.717) is 5.75 Å². The third kappa shape index (κ3) is 3.31. The average molecular weight is 384 g/mol. The molecule has 2 heterocycles. The largest absolute Gasteiger partial charge is 0.496 e. The molecule has 0 saturated heterocycles. The van der Waals surface area contributed by atoms with E-state index >= 15 is 0 Å². The fourth-order valence-corrected chi connectivity index (χ4v) is 4.12. The number of fused-ring (bicyclic) bond motifs is 2. The van der Waals surface area contributed by atoms with Crippen LogP contribution in [0.15, 0.2) is 47.1 Å². The summed E-state index contributed by atoms with van der Waals surface area (Å²) in [6.45, 7) is 0.107. The Kier molecular flexibility index (Phi) is 4.87. The van der Waals surface area contributed by atoms with Gasteiger partial charge in [0.25, 0.3) is 0 Å². The maximum atomic E-state index is 9.12. The summed E-state index contributed by atoms with van der Waals surface area (Å²) in [5.41, 5.74) is 4.51. The summed E-state index contributed by atoms with van der Waals surface area (Å²) in [5, 5.41) is 13.4. The molecule has 0 spiro atoms. The summed E-state index contributed by atoms with van der Waals surface area (Å²) < 4.78 is 6.61. The van der Waals surface area contributed by atoms with Crippen LogP contribution in [-0.2, 0) is 0 Å². The highest BCUT2D eigenvalue weighted by molar-refractivity contribution is 7.99. The van der Waals surface area contributed by atoms with Crippen LogP contribution in [0.25, 0.3) is 21.1 Å². The SMILES string of the molecule is COc1cc2ncnc(Nc3ccc4scnc4c3)c2cc1SCCO. The van der Waals surface area contributed by atoms with Crippen molar-refractivity contribution in [2.24, 2.45) is 0 Å². The second-order valence-electron chi connectivity index (χ2n) is 5.47. The van der Waals surface area contributed by atoms with Gasteiger partial charge in [-0.1, -0.05) is 0 Å². The molecule has 0 atom stereocenters. The molecule has 4 aromatic rings. The number of hydrogen-bond donors (Lipinski definition) is 2. The van der Waals surface area contributed by atoms with Crippen molar-refractivity contribution in [1.29, 1.82) is 0 Å². The van der Waals surface area contributed by atoms with Crippen LogP contribution >= 0.6 is 23.1 Å². The molecule has 2 aromatic carbocycles. The van der Waals surface area contributed by atoms with Gasteiger partial charge in [0.1, 0.15) is 17.9 Å². The highest BCUT2D eigenvalue weighted by Crippen LogP contribution is 2.35. The zero-order chi connectivity index (χ0) is 17.9. The Morgan fingerprint density at radius 1 is 1.15 bits per heavy atom. The van der Waals surface area contributed by atoms with Crippen molar-refractivity contribution in [2.75, 3.05) is 24.8 Å². The highest BCUT2D eigenvalue weighted by Gasteiger charge is 2.11. The first-order chi connectivity index (χ1) is 12.8. The summed E-state index contributed by atoms with van der Waals surface area (Å²) in [6, 6.07) is 9.96. The van der Waals surface area contributed by atoms with Crippen molar-refractivity contribution in [3.05, 3.63) is 42.2 Å².